The first kappa shape index (κ1) is 20.1. The van der Waals surface area contributed by atoms with Crippen molar-refractivity contribution in [3.63, 3.8) is 0 Å². The van der Waals surface area contributed by atoms with E-state index in [4.69, 9.17) is 5.26 Å². The van der Waals surface area contributed by atoms with Crippen LogP contribution in [0.5, 0.6) is 0 Å². The highest BCUT2D eigenvalue weighted by Crippen LogP contribution is 2.30. The number of para-hydroxylation sites is 1. The molecule has 132 valence electrons. The number of nitrogens with zero attached hydrogens (tertiary/aromatic N) is 3. The summed E-state index contributed by atoms with van der Waals surface area (Å²) in [5.74, 6) is 2.15. The number of nitriles is 1. The molecule has 2 aromatic rings. The van der Waals surface area contributed by atoms with Crippen LogP contribution in [0.3, 0.4) is 0 Å². The van der Waals surface area contributed by atoms with Gasteiger partial charge in [0.25, 0.3) is 0 Å². The Morgan fingerprint density at radius 1 is 1.24 bits per heavy atom. The van der Waals surface area contributed by atoms with Crippen molar-refractivity contribution in [2.24, 2.45) is 5.92 Å². The molecular weight excluding hydrogens is 392 g/mol. The average Bonchev–Trinajstić information content (AvgIpc) is 3.05. The van der Waals surface area contributed by atoms with E-state index in [2.05, 4.69) is 35.4 Å². The predicted octanol–water partition coefficient (Wildman–Crippen LogP) is 4.63. The Hall–Kier alpha value is -1.21. The first-order valence-electron chi connectivity index (χ1n) is 7.56. The number of aromatic nitrogens is 2. The second-order valence-electron chi connectivity index (χ2n) is 5.32. The first-order chi connectivity index (χ1) is 12.1. The normalized spacial score (nSPS) is 10.6. The summed E-state index contributed by atoms with van der Waals surface area (Å²) in [5, 5.41) is 19.9. The molecule has 0 aliphatic carbocycles. The highest BCUT2D eigenvalue weighted by atomic mass is 32.2. The molecule has 0 radical (unpaired) electrons. The third-order valence-corrected chi connectivity index (χ3v) is 7.27. The predicted molar refractivity (Wildman–Crippen MR) is 108 cm³/mol. The van der Waals surface area contributed by atoms with E-state index < -0.39 is 0 Å². The number of amides is 1. The SMILES string of the molecule is CC(C)CSc1nnc(SCC(=O)Nc2ccccc2SCC#N)s1. The molecule has 0 atom stereocenters. The molecule has 1 amide bonds. The molecule has 0 aliphatic heterocycles. The Labute approximate surface area is 164 Å². The van der Waals surface area contributed by atoms with Crippen LogP contribution in [0.25, 0.3) is 0 Å². The molecule has 9 heteroatoms. The quantitative estimate of drug-likeness (QED) is 0.604. The van der Waals surface area contributed by atoms with Crippen molar-refractivity contribution in [1.82, 2.24) is 10.2 Å². The molecule has 1 N–H and O–H groups in total. The van der Waals surface area contributed by atoms with Gasteiger partial charge < -0.3 is 5.32 Å². The molecule has 0 bridgehead atoms. The molecule has 1 heterocycles. The lowest BCUT2D eigenvalue weighted by molar-refractivity contribution is -0.113. The van der Waals surface area contributed by atoms with Crippen molar-refractivity contribution in [3.05, 3.63) is 24.3 Å². The Bertz CT molecular complexity index is 742. The first-order valence-corrected chi connectivity index (χ1v) is 11.3. The minimum Gasteiger partial charge on any atom is -0.324 e. The fourth-order valence-electron chi connectivity index (χ4n) is 1.67. The summed E-state index contributed by atoms with van der Waals surface area (Å²) in [6, 6.07) is 9.58. The van der Waals surface area contributed by atoms with Crippen molar-refractivity contribution >= 4 is 58.2 Å². The second kappa shape index (κ2) is 10.7. The van der Waals surface area contributed by atoms with Gasteiger partial charge in [0, 0.05) is 10.6 Å². The molecule has 1 aromatic carbocycles. The molecule has 0 unspecified atom stereocenters. The van der Waals surface area contributed by atoms with Crippen LogP contribution in [0.1, 0.15) is 13.8 Å². The van der Waals surface area contributed by atoms with Gasteiger partial charge in [0.2, 0.25) is 5.91 Å². The van der Waals surface area contributed by atoms with E-state index in [0.717, 1.165) is 25.0 Å². The van der Waals surface area contributed by atoms with E-state index in [1.807, 2.05) is 24.3 Å². The van der Waals surface area contributed by atoms with E-state index in [9.17, 15) is 4.79 Å². The Morgan fingerprint density at radius 2 is 1.96 bits per heavy atom. The number of thioether (sulfide) groups is 3. The van der Waals surface area contributed by atoms with Gasteiger partial charge >= 0.3 is 0 Å². The van der Waals surface area contributed by atoms with Gasteiger partial charge in [0.1, 0.15) is 0 Å². The molecule has 0 saturated carbocycles. The van der Waals surface area contributed by atoms with Crippen LogP contribution in [0.4, 0.5) is 5.69 Å². The van der Waals surface area contributed by atoms with Gasteiger partial charge in [0.15, 0.2) is 8.68 Å². The smallest absolute Gasteiger partial charge is 0.234 e. The summed E-state index contributed by atoms with van der Waals surface area (Å²) in [7, 11) is 0. The van der Waals surface area contributed by atoms with E-state index >= 15 is 0 Å². The summed E-state index contributed by atoms with van der Waals surface area (Å²) < 4.78 is 1.74. The van der Waals surface area contributed by atoms with Gasteiger partial charge in [-0.15, -0.1) is 22.0 Å². The lowest BCUT2D eigenvalue weighted by Crippen LogP contribution is -2.14. The number of hydrogen-bond donors (Lipinski definition) is 1. The van der Waals surface area contributed by atoms with E-state index in [-0.39, 0.29) is 11.7 Å². The zero-order valence-electron chi connectivity index (χ0n) is 13.9. The van der Waals surface area contributed by atoms with Gasteiger partial charge in [0.05, 0.1) is 23.3 Å². The molecule has 0 saturated heterocycles. The van der Waals surface area contributed by atoms with Crippen molar-refractivity contribution < 1.29 is 4.79 Å². The fraction of sp³-hybridized carbons (Fsp3) is 0.375. The Kier molecular flexibility index (Phi) is 8.61. The summed E-state index contributed by atoms with van der Waals surface area (Å²) in [6.45, 7) is 4.33. The van der Waals surface area contributed by atoms with Crippen LogP contribution in [-0.4, -0.2) is 33.4 Å². The molecule has 1 aromatic heterocycles. The molecule has 5 nitrogen and oxygen atoms in total. The molecule has 0 aliphatic rings. The van der Waals surface area contributed by atoms with Gasteiger partial charge in [-0.25, -0.2) is 0 Å². The monoisotopic (exact) mass is 410 g/mol. The van der Waals surface area contributed by atoms with Crippen LogP contribution < -0.4 is 5.32 Å². The number of carbonyl (C=O) groups is 1. The lowest BCUT2D eigenvalue weighted by atomic mass is 10.3. The van der Waals surface area contributed by atoms with Crippen LogP contribution in [0.15, 0.2) is 37.8 Å². The zero-order valence-corrected chi connectivity index (χ0v) is 17.2. The Balaban J connectivity index is 1.84. The Morgan fingerprint density at radius 3 is 2.68 bits per heavy atom. The minimum absolute atomic E-state index is 0.0957. The summed E-state index contributed by atoms with van der Waals surface area (Å²) in [6.07, 6.45) is 0. The summed E-state index contributed by atoms with van der Waals surface area (Å²) in [5.41, 5.74) is 0.735. The van der Waals surface area contributed by atoms with Gasteiger partial charge in [-0.3, -0.25) is 4.79 Å². The third-order valence-electron chi connectivity index (χ3n) is 2.71. The van der Waals surface area contributed by atoms with Crippen molar-refractivity contribution in [3.8, 4) is 6.07 Å². The number of carbonyl (C=O) groups excluding carboxylic acids is 1. The number of rotatable bonds is 9. The van der Waals surface area contributed by atoms with Crippen LogP contribution in [0.2, 0.25) is 0 Å². The van der Waals surface area contributed by atoms with Gasteiger partial charge in [-0.2, -0.15) is 5.26 Å². The fourth-order valence-corrected chi connectivity index (χ4v) is 5.14. The minimum atomic E-state index is -0.0957. The highest BCUT2D eigenvalue weighted by molar-refractivity contribution is 8.03. The molecule has 25 heavy (non-hydrogen) atoms. The lowest BCUT2D eigenvalue weighted by Gasteiger charge is -2.08. The summed E-state index contributed by atoms with van der Waals surface area (Å²) in [4.78, 5) is 13.1. The zero-order chi connectivity index (χ0) is 18.1. The van der Waals surface area contributed by atoms with E-state index in [1.54, 1.807) is 11.8 Å². The van der Waals surface area contributed by atoms with Crippen LogP contribution in [0, 0.1) is 17.2 Å². The van der Waals surface area contributed by atoms with Crippen molar-refractivity contribution in [1.29, 1.82) is 5.26 Å². The third kappa shape index (κ3) is 7.28. The second-order valence-corrected chi connectivity index (χ2v) is 9.80. The molecule has 2 rings (SSSR count). The maximum absolute atomic E-state index is 12.2. The van der Waals surface area contributed by atoms with Gasteiger partial charge in [-0.05, 0) is 18.1 Å². The number of nitrogens with one attached hydrogen (secondary N) is 1. The van der Waals surface area contributed by atoms with Crippen LogP contribution in [-0.2, 0) is 4.79 Å². The van der Waals surface area contributed by atoms with E-state index in [1.165, 1.54) is 34.9 Å². The molecule has 0 spiro atoms. The maximum Gasteiger partial charge on any atom is 0.234 e. The maximum atomic E-state index is 12.2. The number of anilines is 1. The van der Waals surface area contributed by atoms with Crippen LogP contribution >= 0.6 is 46.6 Å². The molecular formula is C16H18N4OS4. The van der Waals surface area contributed by atoms with Gasteiger partial charge in [-0.1, -0.05) is 60.8 Å². The standard InChI is InChI=1S/C16H18N4OS4/c1-11(2)9-23-15-19-20-16(25-15)24-10-14(21)18-12-5-3-4-6-13(12)22-8-7-17/h3-6,11H,8-10H2,1-2H3,(H,18,21). The molecule has 0 fully saturated rings. The number of benzene rings is 1. The van der Waals surface area contributed by atoms with E-state index in [0.29, 0.717) is 11.7 Å². The van der Waals surface area contributed by atoms with Crippen molar-refractivity contribution in [2.45, 2.75) is 27.4 Å². The number of hydrogen-bond acceptors (Lipinski definition) is 8. The largest absolute Gasteiger partial charge is 0.324 e. The summed E-state index contributed by atoms with van der Waals surface area (Å²) >= 11 is 6.01. The topological polar surface area (TPSA) is 78.7 Å². The average molecular weight is 411 g/mol. The van der Waals surface area contributed by atoms with Crippen molar-refractivity contribution in [2.75, 3.05) is 22.6 Å². The highest BCUT2D eigenvalue weighted by Gasteiger charge is 2.11.